The molecule has 0 aliphatic rings. The van der Waals surface area contributed by atoms with Crippen molar-refractivity contribution in [3.05, 3.63) is 24.3 Å². The van der Waals surface area contributed by atoms with Gasteiger partial charge in [0.1, 0.15) is 0 Å². The first-order chi connectivity index (χ1) is 4.98. The highest BCUT2D eigenvalue weighted by Gasteiger charge is 2.12. The summed E-state index contributed by atoms with van der Waals surface area (Å²) in [6, 6.07) is 0. The van der Waals surface area contributed by atoms with Crippen molar-refractivity contribution in [1.82, 2.24) is 0 Å². The fourth-order valence-corrected chi connectivity index (χ4v) is 0.755. The Bertz CT molecular complexity index is 153. The van der Waals surface area contributed by atoms with Crippen LogP contribution in [0.2, 0.25) is 0 Å². The molecule has 0 saturated carbocycles. The molecule has 0 bridgehead atoms. The van der Waals surface area contributed by atoms with Crippen LogP contribution >= 0.6 is 0 Å². The zero-order valence-corrected chi connectivity index (χ0v) is 8.22. The lowest BCUT2D eigenvalue weighted by Gasteiger charge is -2.16. The van der Waals surface area contributed by atoms with E-state index in [0.29, 0.717) is 0 Å². The van der Waals surface area contributed by atoms with E-state index in [9.17, 15) is 5.11 Å². The molecule has 0 heterocycles. The van der Waals surface area contributed by atoms with E-state index in [0.717, 1.165) is 12.8 Å². The second-order valence-corrected chi connectivity index (χ2v) is 3.38. The third-order valence-electron chi connectivity index (χ3n) is 1.64. The minimum atomic E-state index is -0.702. The molecule has 0 radical (unpaired) electrons. The predicted octanol–water partition coefficient (Wildman–Crippen LogP) is 1.85. The van der Waals surface area contributed by atoms with Crippen LogP contribution in [0.3, 0.4) is 0 Å². The molecule has 0 amide bonds. The molecule has 0 aromatic carbocycles. The lowest BCUT2D eigenvalue weighted by molar-refractivity contribution is 0.103. The van der Waals surface area contributed by atoms with Crippen LogP contribution in [0.5, 0.6) is 0 Å². The van der Waals surface area contributed by atoms with Gasteiger partial charge in [-0.25, -0.2) is 0 Å². The molecule has 0 fully saturated rings. The molecule has 0 aliphatic heterocycles. The van der Waals surface area contributed by atoms with E-state index < -0.39 is 5.60 Å². The van der Waals surface area contributed by atoms with Gasteiger partial charge in [-0.3, -0.25) is 0 Å². The maximum Gasteiger partial charge on any atom is 0.0800 e. The lowest BCUT2D eigenvalue weighted by atomic mass is 10.00. The third-order valence-corrected chi connectivity index (χ3v) is 1.64. The Balaban J connectivity index is 0. The summed E-state index contributed by atoms with van der Waals surface area (Å²) in [5, 5.41) is 9.49. The quantitative estimate of drug-likeness (QED) is 0.646. The Labute approximate surface area is 74.9 Å². The van der Waals surface area contributed by atoms with E-state index >= 15 is 0 Å². The van der Waals surface area contributed by atoms with Crippen molar-refractivity contribution in [2.45, 2.75) is 39.2 Å². The lowest BCUT2D eigenvalue weighted by Crippen LogP contribution is -2.19. The van der Waals surface area contributed by atoms with Crippen LogP contribution < -0.4 is 0 Å². The summed E-state index contributed by atoms with van der Waals surface area (Å²) in [5.74, 6) is 0. The largest absolute Gasteiger partial charge is 0.412 e. The van der Waals surface area contributed by atoms with Gasteiger partial charge in [-0.2, -0.15) is 0 Å². The van der Waals surface area contributed by atoms with E-state index in [1.54, 1.807) is 13.0 Å². The van der Waals surface area contributed by atoms with Gasteiger partial charge >= 0.3 is 0 Å². The Morgan fingerprint density at radius 1 is 1.50 bits per heavy atom. The Morgan fingerprint density at radius 2 is 2.00 bits per heavy atom. The second-order valence-electron chi connectivity index (χ2n) is 3.38. The molecule has 0 aromatic heterocycles. The van der Waals surface area contributed by atoms with Crippen LogP contribution in [0, 0.1) is 0 Å². The summed E-state index contributed by atoms with van der Waals surface area (Å²) in [6.07, 6.45) is 5.38. The van der Waals surface area contributed by atoms with Crippen LogP contribution in [-0.4, -0.2) is 16.2 Å². The summed E-state index contributed by atoms with van der Waals surface area (Å²) < 4.78 is 0. The van der Waals surface area contributed by atoms with E-state index in [-0.39, 0.29) is 5.48 Å². The summed E-state index contributed by atoms with van der Waals surface area (Å²) in [7, 11) is 0. The van der Waals surface area contributed by atoms with E-state index in [1.165, 1.54) is 5.57 Å². The first-order valence-electron chi connectivity index (χ1n) is 3.97. The SMILES string of the molecule is C=CC(C)(O)CCC=C(C)C.O. The molecule has 12 heavy (non-hydrogen) atoms. The van der Waals surface area contributed by atoms with Crippen molar-refractivity contribution in [3.8, 4) is 0 Å². The molecule has 2 heteroatoms. The topological polar surface area (TPSA) is 51.7 Å². The third kappa shape index (κ3) is 7.51. The van der Waals surface area contributed by atoms with Crippen LogP contribution in [0.1, 0.15) is 33.6 Å². The fourth-order valence-electron chi connectivity index (χ4n) is 0.755. The Hall–Kier alpha value is -0.600. The van der Waals surface area contributed by atoms with Gasteiger partial charge in [-0.05, 0) is 33.6 Å². The fraction of sp³-hybridized carbons (Fsp3) is 0.600. The number of aliphatic hydroxyl groups is 1. The number of rotatable bonds is 4. The highest BCUT2D eigenvalue weighted by molar-refractivity contribution is 4.97. The summed E-state index contributed by atoms with van der Waals surface area (Å²) in [4.78, 5) is 0. The van der Waals surface area contributed by atoms with Crippen molar-refractivity contribution in [1.29, 1.82) is 0 Å². The average molecular weight is 172 g/mol. The first-order valence-corrected chi connectivity index (χ1v) is 3.97. The maximum absolute atomic E-state index is 9.49. The highest BCUT2D eigenvalue weighted by Crippen LogP contribution is 2.13. The molecule has 1 atom stereocenters. The molecule has 0 rings (SSSR count). The van der Waals surface area contributed by atoms with E-state index in [4.69, 9.17) is 0 Å². The normalized spacial score (nSPS) is 14.0. The maximum atomic E-state index is 9.49. The molecular formula is C10H20O2. The number of hydrogen-bond acceptors (Lipinski definition) is 1. The highest BCUT2D eigenvalue weighted by atomic mass is 16.3. The van der Waals surface area contributed by atoms with Gasteiger partial charge < -0.3 is 10.6 Å². The van der Waals surface area contributed by atoms with Gasteiger partial charge in [0, 0.05) is 0 Å². The molecule has 0 spiro atoms. The van der Waals surface area contributed by atoms with Crippen molar-refractivity contribution >= 4 is 0 Å². The molecule has 0 aliphatic carbocycles. The summed E-state index contributed by atoms with van der Waals surface area (Å²) in [6.45, 7) is 9.45. The second kappa shape index (κ2) is 5.98. The van der Waals surface area contributed by atoms with Gasteiger partial charge in [0.15, 0.2) is 0 Å². The Kier molecular flexibility index (Phi) is 6.95. The van der Waals surface area contributed by atoms with Gasteiger partial charge in [-0.1, -0.05) is 17.7 Å². The first kappa shape index (κ1) is 14.0. The van der Waals surface area contributed by atoms with Crippen molar-refractivity contribution in [3.63, 3.8) is 0 Å². The van der Waals surface area contributed by atoms with Crippen molar-refractivity contribution < 1.29 is 10.6 Å². The van der Waals surface area contributed by atoms with Crippen LogP contribution in [0.25, 0.3) is 0 Å². The van der Waals surface area contributed by atoms with Gasteiger partial charge in [0.25, 0.3) is 0 Å². The smallest absolute Gasteiger partial charge is 0.0800 e. The van der Waals surface area contributed by atoms with E-state index in [1.807, 2.05) is 0 Å². The van der Waals surface area contributed by atoms with Gasteiger partial charge in [0.05, 0.1) is 5.60 Å². The zero-order chi connectivity index (χ0) is 8.91. The standard InChI is InChI=1S/C10H18O.H2O/c1-5-10(4,11)8-6-7-9(2)3;/h5,7,11H,1,6,8H2,2-4H3;1H2. The summed E-state index contributed by atoms with van der Waals surface area (Å²) in [5.41, 5.74) is 0.594. The van der Waals surface area contributed by atoms with Crippen LogP contribution in [0.15, 0.2) is 24.3 Å². The molecule has 1 unspecified atom stereocenters. The molecule has 0 saturated heterocycles. The molecule has 2 nitrogen and oxygen atoms in total. The van der Waals surface area contributed by atoms with Gasteiger partial charge in [-0.15, -0.1) is 6.58 Å². The van der Waals surface area contributed by atoms with Gasteiger partial charge in [0.2, 0.25) is 0 Å². The molecule has 3 N–H and O–H groups in total. The predicted molar refractivity (Wildman–Crippen MR) is 53.1 cm³/mol. The molecule has 0 aromatic rings. The van der Waals surface area contributed by atoms with E-state index in [2.05, 4.69) is 26.5 Å². The minimum absolute atomic E-state index is 0. The van der Waals surface area contributed by atoms with Crippen LogP contribution in [-0.2, 0) is 0 Å². The zero-order valence-electron chi connectivity index (χ0n) is 8.22. The minimum Gasteiger partial charge on any atom is -0.412 e. The molecule has 72 valence electrons. The number of allylic oxidation sites excluding steroid dienone is 2. The monoisotopic (exact) mass is 172 g/mol. The number of hydrogen-bond donors (Lipinski definition) is 1. The average Bonchev–Trinajstić information content (AvgIpc) is 1.87. The summed E-state index contributed by atoms with van der Waals surface area (Å²) >= 11 is 0. The Morgan fingerprint density at radius 3 is 2.33 bits per heavy atom. The van der Waals surface area contributed by atoms with Crippen LogP contribution in [0.4, 0.5) is 0 Å². The van der Waals surface area contributed by atoms with Crippen molar-refractivity contribution in [2.75, 3.05) is 0 Å². The molecular weight excluding hydrogens is 152 g/mol. The van der Waals surface area contributed by atoms with Crippen molar-refractivity contribution in [2.24, 2.45) is 0 Å².